The van der Waals surface area contributed by atoms with Crippen LogP contribution >= 0.6 is 0 Å². The molecule has 0 fully saturated rings. The third kappa shape index (κ3) is 1.73. The molecular weight excluding hydrogens is 169 g/mol. The van der Waals surface area contributed by atoms with Gasteiger partial charge in [-0.05, 0) is 31.5 Å². The number of hydrogen-bond acceptors (Lipinski definition) is 2. The van der Waals surface area contributed by atoms with Crippen LogP contribution in [0, 0.1) is 24.1 Å². The number of nitrogens with zero attached hydrogens (tertiary/aromatic N) is 1. The monoisotopic (exact) mass is 177 g/mol. The molecule has 3 heteroatoms. The zero-order valence-corrected chi connectivity index (χ0v) is 7.39. The van der Waals surface area contributed by atoms with Crippen LogP contribution < -0.4 is 0 Å². The first kappa shape index (κ1) is 9.40. The average molecular weight is 177 g/mol. The van der Waals surface area contributed by atoms with Crippen molar-refractivity contribution in [3.05, 3.63) is 34.6 Å². The second kappa shape index (κ2) is 3.36. The van der Waals surface area contributed by atoms with Gasteiger partial charge in [0, 0.05) is 5.56 Å². The van der Waals surface area contributed by atoms with Crippen LogP contribution in [0.2, 0.25) is 0 Å². The number of benzene rings is 1. The van der Waals surface area contributed by atoms with Crippen LogP contribution in [0.15, 0.2) is 12.1 Å². The molecule has 0 aromatic heterocycles. The van der Waals surface area contributed by atoms with E-state index < -0.39 is 5.82 Å². The maximum absolute atomic E-state index is 12.8. The second-order valence-corrected chi connectivity index (χ2v) is 2.81. The second-order valence-electron chi connectivity index (χ2n) is 2.81. The van der Waals surface area contributed by atoms with Crippen LogP contribution in [0.3, 0.4) is 0 Å². The standard InChI is InChI=1S/C10H8FNO/c1-6-3-8(11)4-9(7(2)13)10(6)5-12/h3-4H,1-2H3. The van der Waals surface area contributed by atoms with Crippen LogP contribution in [0.4, 0.5) is 4.39 Å². The Morgan fingerprint density at radius 2 is 2.15 bits per heavy atom. The Labute approximate surface area is 75.6 Å². The van der Waals surface area contributed by atoms with Crippen LogP contribution in [-0.4, -0.2) is 5.78 Å². The predicted octanol–water partition coefficient (Wildman–Crippen LogP) is 2.21. The van der Waals surface area contributed by atoms with Crippen molar-refractivity contribution in [3.63, 3.8) is 0 Å². The third-order valence-electron chi connectivity index (χ3n) is 1.79. The fraction of sp³-hybridized carbons (Fsp3) is 0.200. The van der Waals surface area contributed by atoms with Gasteiger partial charge in [0.15, 0.2) is 5.78 Å². The van der Waals surface area contributed by atoms with Crippen molar-refractivity contribution in [2.75, 3.05) is 0 Å². The van der Waals surface area contributed by atoms with Crippen molar-refractivity contribution in [3.8, 4) is 6.07 Å². The summed E-state index contributed by atoms with van der Waals surface area (Å²) in [5.74, 6) is -0.777. The molecule has 1 rings (SSSR count). The van der Waals surface area contributed by atoms with E-state index in [0.717, 1.165) is 6.07 Å². The van der Waals surface area contributed by atoms with E-state index in [4.69, 9.17) is 5.26 Å². The smallest absolute Gasteiger partial charge is 0.161 e. The molecule has 13 heavy (non-hydrogen) atoms. The van der Waals surface area contributed by atoms with Gasteiger partial charge in [-0.15, -0.1) is 0 Å². The maximum Gasteiger partial charge on any atom is 0.161 e. The van der Waals surface area contributed by atoms with Crippen molar-refractivity contribution in [1.29, 1.82) is 5.26 Å². The highest BCUT2D eigenvalue weighted by Gasteiger charge is 2.11. The molecule has 2 nitrogen and oxygen atoms in total. The Balaban J connectivity index is 3.50. The van der Waals surface area contributed by atoms with Crippen LogP contribution in [-0.2, 0) is 0 Å². The zero-order chi connectivity index (χ0) is 10.0. The van der Waals surface area contributed by atoms with E-state index in [9.17, 15) is 9.18 Å². The molecule has 1 aromatic rings. The normalized spacial score (nSPS) is 9.38. The van der Waals surface area contributed by atoms with Crippen molar-refractivity contribution in [2.24, 2.45) is 0 Å². The van der Waals surface area contributed by atoms with Crippen molar-refractivity contribution in [1.82, 2.24) is 0 Å². The lowest BCUT2D eigenvalue weighted by atomic mass is 10.0. The molecule has 0 N–H and O–H groups in total. The highest BCUT2D eigenvalue weighted by molar-refractivity contribution is 5.96. The molecule has 0 aliphatic carbocycles. The lowest BCUT2D eigenvalue weighted by Crippen LogP contribution is -2.00. The highest BCUT2D eigenvalue weighted by Crippen LogP contribution is 2.15. The summed E-state index contributed by atoms with van der Waals surface area (Å²) < 4.78 is 12.8. The third-order valence-corrected chi connectivity index (χ3v) is 1.79. The van der Waals surface area contributed by atoms with E-state index in [1.165, 1.54) is 13.0 Å². The van der Waals surface area contributed by atoms with Crippen LogP contribution in [0.25, 0.3) is 0 Å². The van der Waals surface area contributed by atoms with E-state index in [2.05, 4.69) is 0 Å². The lowest BCUT2D eigenvalue weighted by molar-refractivity contribution is 0.101. The molecule has 1 aromatic carbocycles. The SMILES string of the molecule is CC(=O)c1cc(F)cc(C)c1C#N. The summed E-state index contributed by atoms with van der Waals surface area (Å²) in [6.07, 6.45) is 0. The number of ketones is 1. The highest BCUT2D eigenvalue weighted by atomic mass is 19.1. The Morgan fingerprint density at radius 3 is 2.62 bits per heavy atom. The van der Waals surface area contributed by atoms with Crippen molar-refractivity contribution >= 4 is 5.78 Å². The first-order valence-electron chi connectivity index (χ1n) is 3.77. The fourth-order valence-corrected chi connectivity index (χ4v) is 1.17. The number of carbonyl (C=O) groups is 1. The van der Waals surface area contributed by atoms with Gasteiger partial charge in [0.2, 0.25) is 0 Å². The van der Waals surface area contributed by atoms with E-state index in [0.29, 0.717) is 5.56 Å². The minimum absolute atomic E-state index is 0.153. The first-order chi connectivity index (χ1) is 6.06. The van der Waals surface area contributed by atoms with E-state index in [1.54, 1.807) is 6.92 Å². The zero-order valence-electron chi connectivity index (χ0n) is 7.39. The molecule has 0 aliphatic heterocycles. The molecule has 0 bridgehead atoms. The van der Waals surface area contributed by atoms with Gasteiger partial charge in [-0.3, -0.25) is 4.79 Å². The van der Waals surface area contributed by atoms with Gasteiger partial charge in [0.05, 0.1) is 5.56 Å². The van der Waals surface area contributed by atoms with Crippen LogP contribution in [0.5, 0.6) is 0 Å². The quantitative estimate of drug-likeness (QED) is 0.617. The van der Waals surface area contributed by atoms with Gasteiger partial charge >= 0.3 is 0 Å². The Kier molecular flexibility index (Phi) is 2.43. The van der Waals surface area contributed by atoms with Gasteiger partial charge in [-0.2, -0.15) is 5.26 Å². The Hall–Kier alpha value is -1.69. The summed E-state index contributed by atoms with van der Waals surface area (Å²) >= 11 is 0. The molecule has 0 spiro atoms. The summed E-state index contributed by atoms with van der Waals surface area (Å²) in [4.78, 5) is 11.0. The summed E-state index contributed by atoms with van der Waals surface area (Å²) in [5, 5.41) is 8.71. The summed E-state index contributed by atoms with van der Waals surface area (Å²) in [6.45, 7) is 2.92. The number of halogens is 1. The molecule has 0 saturated carbocycles. The molecule has 0 radical (unpaired) electrons. The average Bonchev–Trinajstić information content (AvgIpc) is 2.02. The minimum atomic E-state index is -0.485. The summed E-state index contributed by atoms with van der Waals surface area (Å²) in [7, 11) is 0. The van der Waals surface area contributed by atoms with Gasteiger partial charge < -0.3 is 0 Å². The van der Waals surface area contributed by atoms with Gasteiger partial charge in [-0.1, -0.05) is 0 Å². The Bertz CT molecular complexity index is 404. The van der Waals surface area contributed by atoms with Gasteiger partial charge in [0.25, 0.3) is 0 Å². The molecule has 66 valence electrons. The molecule has 0 aliphatic rings. The number of rotatable bonds is 1. The summed E-state index contributed by atoms with van der Waals surface area (Å²) in [5.41, 5.74) is 0.904. The molecular formula is C10H8FNO. The van der Waals surface area contributed by atoms with Crippen molar-refractivity contribution in [2.45, 2.75) is 13.8 Å². The Morgan fingerprint density at radius 1 is 1.54 bits per heavy atom. The molecule has 0 unspecified atom stereocenters. The van der Waals surface area contributed by atoms with Crippen molar-refractivity contribution < 1.29 is 9.18 Å². The molecule has 0 atom stereocenters. The van der Waals surface area contributed by atoms with Gasteiger partial charge in [0.1, 0.15) is 11.9 Å². The van der Waals surface area contributed by atoms with E-state index in [-0.39, 0.29) is 16.9 Å². The van der Waals surface area contributed by atoms with Crippen LogP contribution in [0.1, 0.15) is 28.4 Å². The molecule has 0 saturated heterocycles. The maximum atomic E-state index is 12.8. The molecule has 0 heterocycles. The number of aryl methyl sites for hydroxylation is 1. The number of Topliss-reactive ketones (excluding diaryl/α,β-unsaturated/α-hetero) is 1. The predicted molar refractivity (Wildman–Crippen MR) is 45.9 cm³/mol. The molecule has 0 amide bonds. The minimum Gasteiger partial charge on any atom is -0.294 e. The number of hydrogen-bond donors (Lipinski definition) is 0. The largest absolute Gasteiger partial charge is 0.294 e. The topological polar surface area (TPSA) is 40.9 Å². The van der Waals surface area contributed by atoms with E-state index >= 15 is 0 Å². The van der Waals surface area contributed by atoms with E-state index in [1.807, 2.05) is 6.07 Å². The lowest BCUT2D eigenvalue weighted by Gasteiger charge is -2.02. The fourth-order valence-electron chi connectivity index (χ4n) is 1.17. The summed E-state index contributed by atoms with van der Waals surface area (Å²) in [6, 6.07) is 4.22. The number of carbonyl (C=O) groups excluding carboxylic acids is 1. The first-order valence-corrected chi connectivity index (χ1v) is 3.77. The van der Waals surface area contributed by atoms with Gasteiger partial charge in [-0.25, -0.2) is 4.39 Å². The number of nitriles is 1.